The zero-order valence-corrected chi connectivity index (χ0v) is 16.2. The molecule has 0 radical (unpaired) electrons. The zero-order valence-electron chi connectivity index (χ0n) is 15.4. The summed E-state index contributed by atoms with van der Waals surface area (Å²) in [6, 6.07) is 14.2. The van der Waals surface area contributed by atoms with Crippen LogP contribution in [0.2, 0.25) is 0 Å². The summed E-state index contributed by atoms with van der Waals surface area (Å²) in [4.78, 5) is 14.6. The van der Waals surface area contributed by atoms with E-state index in [1.807, 2.05) is 30.3 Å². The Morgan fingerprint density at radius 1 is 1.04 bits per heavy atom. The molecule has 27 heavy (non-hydrogen) atoms. The molecule has 2 aromatic carbocycles. The predicted molar refractivity (Wildman–Crippen MR) is 103 cm³/mol. The van der Waals surface area contributed by atoms with Gasteiger partial charge in [-0.3, -0.25) is 4.79 Å². The molecule has 2 aromatic rings. The maximum atomic E-state index is 13.0. The lowest BCUT2D eigenvalue weighted by Gasteiger charge is -2.21. The van der Waals surface area contributed by atoms with Gasteiger partial charge in [0.05, 0.1) is 30.8 Å². The molecular weight excluding hydrogens is 366 g/mol. The number of nitrogens with zero attached hydrogens (tertiary/aromatic N) is 1. The topological polar surface area (TPSA) is 72.9 Å². The molecule has 7 heteroatoms. The highest BCUT2D eigenvalue weighted by atomic mass is 32.2. The second-order valence-electron chi connectivity index (χ2n) is 6.41. The Hall–Kier alpha value is -2.54. The summed E-state index contributed by atoms with van der Waals surface area (Å²) >= 11 is 0. The SMILES string of the molecule is COc1ccc(C(=O)N2CCC(c3ccccc3)S(=O)(=O)CC2)c(OC)c1. The number of hydrogen-bond acceptors (Lipinski definition) is 5. The standard InChI is InChI=1S/C20H23NO5S/c1-25-16-8-9-17(18(14-16)26-2)20(22)21-11-10-19(27(23,24)13-12-21)15-6-4-3-5-7-15/h3-9,14,19H,10-13H2,1-2H3. The summed E-state index contributed by atoms with van der Waals surface area (Å²) in [5.41, 5.74) is 1.17. The Kier molecular flexibility index (Phi) is 5.70. The van der Waals surface area contributed by atoms with Crippen LogP contribution in [-0.4, -0.2) is 52.3 Å². The molecule has 0 saturated carbocycles. The molecule has 0 aliphatic carbocycles. The number of benzene rings is 2. The van der Waals surface area contributed by atoms with Gasteiger partial charge in [0.15, 0.2) is 9.84 Å². The van der Waals surface area contributed by atoms with Crippen LogP contribution in [0.25, 0.3) is 0 Å². The van der Waals surface area contributed by atoms with E-state index in [0.29, 0.717) is 30.0 Å². The lowest BCUT2D eigenvalue weighted by Crippen LogP contribution is -2.33. The number of hydrogen-bond donors (Lipinski definition) is 0. The molecule has 1 aliphatic rings. The highest BCUT2D eigenvalue weighted by Gasteiger charge is 2.33. The molecule has 1 amide bonds. The van der Waals surface area contributed by atoms with Gasteiger partial charge in [-0.2, -0.15) is 0 Å². The summed E-state index contributed by atoms with van der Waals surface area (Å²) in [6.45, 7) is 0.534. The van der Waals surface area contributed by atoms with E-state index in [4.69, 9.17) is 9.47 Å². The van der Waals surface area contributed by atoms with Crippen molar-refractivity contribution in [2.45, 2.75) is 11.7 Å². The average molecular weight is 389 g/mol. The van der Waals surface area contributed by atoms with E-state index in [0.717, 1.165) is 5.56 Å². The first-order valence-electron chi connectivity index (χ1n) is 8.74. The van der Waals surface area contributed by atoms with E-state index in [-0.39, 0.29) is 18.2 Å². The summed E-state index contributed by atoms with van der Waals surface area (Å²) in [5.74, 6) is 0.701. The van der Waals surface area contributed by atoms with Gasteiger partial charge < -0.3 is 14.4 Å². The molecule has 1 fully saturated rings. The number of sulfone groups is 1. The Morgan fingerprint density at radius 3 is 2.44 bits per heavy atom. The fourth-order valence-corrected chi connectivity index (χ4v) is 5.13. The number of carbonyl (C=O) groups is 1. The molecule has 1 saturated heterocycles. The first kappa shape index (κ1) is 19.2. The Morgan fingerprint density at radius 2 is 1.78 bits per heavy atom. The van der Waals surface area contributed by atoms with E-state index in [1.165, 1.54) is 7.11 Å². The molecule has 1 heterocycles. The van der Waals surface area contributed by atoms with Crippen molar-refractivity contribution in [1.82, 2.24) is 4.90 Å². The maximum absolute atomic E-state index is 13.0. The molecule has 0 aromatic heterocycles. The molecule has 0 spiro atoms. The third kappa shape index (κ3) is 4.08. The van der Waals surface area contributed by atoms with Crippen molar-refractivity contribution < 1.29 is 22.7 Å². The molecule has 1 atom stereocenters. The van der Waals surface area contributed by atoms with Gasteiger partial charge in [0.25, 0.3) is 5.91 Å². The van der Waals surface area contributed by atoms with E-state index in [1.54, 1.807) is 30.2 Å². The molecule has 1 aliphatic heterocycles. The van der Waals surface area contributed by atoms with Crippen molar-refractivity contribution in [2.75, 3.05) is 33.1 Å². The van der Waals surface area contributed by atoms with Gasteiger partial charge in [-0.15, -0.1) is 0 Å². The monoisotopic (exact) mass is 389 g/mol. The van der Waals surface area contributed by atoms with Crippen LogP contribution < -0.4 is 9.47 Å². The van der Waals surface area contributed by atoms with E-state index in [2.05, 4.69) is 0 Å². The smallest absolute Gasteiger partial charge is 0.257 e. The zero-order chi connectivity index (χ0) is 19.4. The predicted octanol–water partition coefficient (Wildman–Crippen LogP) is 2.71. The van der Waals surface area contributed by atoms with Gasteiger partial charge in [-0.05, 0) is 24.1 Å². The van der Waals surface area contributed by atoms with Crippen LogP contribution in [0.5, 0.6) is 11.5 Å². The number of methoxy groups -OCH3 is 2. The van der Waals surface area contributed by atoms with Gasteiger partial charge >= 0.3 is 0 Å². The molecule has 144 valence electrons. The first-order chi connectivity index (χ1) is 13.0. The summed E-state index contributed by atoms with van der Waals surface area (Å²) in [6.07, 6.45) is 0.372. The van der Waals surface area contributed by atoms with Crippen LogP contribution in [0.15, 0.2) is 48.5 Å². The molecule has 3 rings (SSSR count). The first-order valence-corrected chi connectivity index (χ1v) is 10.5. The van der Waals surface area contributed by atoms with Gasteiger partial charge in [0.2, 0.25) is 0 Å². The molecule has 0 N–H and O–H groups in total. The normalized spacial score (nSPS) is 19.2. The van der Waals surface area contributed by atoms with Gasteiger partial charge in [0, 0.05) is 19.2 Å². The van der Waals surface area contributed by atoms with Crippen molar-refractivity contribution in [1.29, 1.82) is 0 Å². The van der Waals surface area contributed by atoms with Crippen molar-refractivity contribution in [2.24, 2.45) is 0 Å². The highest BCUT2D eigenvalue weighted by Crippen LogP contribution is 2.31. The fraction of sp³-hybridized carbons (Fsp3) is 0.350. The Balaban J connectivity index is 1.84. The fourth-order valence-electron chi connectivity index (χ4n) is 3.33. The molecular formula is C20H23NO5S. The number of rotatable bonds is 4. The van der Waals surface area contributed by atoms with Crippen molar-refractivity contribution in [3.63, 3.8) is 0 Å². The van der Waals surface area contributed by atoms with E-state index in [9.17, 15) is 13.2 Å². The molecule has 1 unspecified atom stereocenters. The quantitative estimate of drug-likeness (QED) is 0.804. The second kappa shape index (κ2) is 8.00. The Bertz CT molecular complexity index is 911. The maximum Gasteiger partial charge on any atom is 0.257 e. The molecule has 6 nitrogen and oxygen atoms in total. The van der Waals surface area contributed by atoms with Crippen molar-refractivity contribution in [3.05, 3.63) is 59.7 Å². The summed E-state index contributed by atoms with van der Waals surface area (Å²) in [7, 11) is -0.302. The minimum atomic E-state index is -3.33. The van der Waals surface area contributed by atoms with Gasteiger partial charge in [-0.1, -0.05) is 30.3 Å². The van der Waals surface area contributed by atoms with Crippen LogP contribution in [0.3, 0.4) is 0 Å². The second-order valence-corrected chi connectivity index (χ2v) is 8.72. The summed E-state index contributed by atoms with van der Waals surface area (Å²) in [5, 5.41) is -0.589. The third-order valence-electron chi connectivity index (χ3n) is 4.84. The third-order valence-corrected chi connectivity index (χ3v) is 6.96. The van der Waals surface area contributed by atoms with Crippen LogP contribution >= 0.6 is 0 Å². The minimum absolute atomic E-state index is 0.0588. The van der Waals surface area contributed by atoms with Crippen LogP contribution in [0.4, 0.5) is 0 Å². The lowest BCUT2D eigenvalue weighted by molar-refractivity contribution is 0.0763. The van der Waals surface area contributed by atoms with Crippen LogP contribution in [0.1, 0.15) is 27.6 Å². The Labute approximate surface area is 159 Å². The van der Waals surface area contributed by atoms with Crippen LogP contribution in [0, 0.1) is 0 Å². The number of amides is 1. The van der Waals surface area contributed by atoms with Crippen LogP contribution in [-0.2, 0) is 9.84 Å². The van der Waals surface area contributed by atoms with Gasteiger partial charge in [-0.25, -0.2) is 8.42 Å². The number of carbonyl (C=O) groups excluding carboxylic acids is 1. The van der Waals surface area contributed by atoms with Crippen molar-refractivity contribution in [3.8, 4) is 11.5 Å². The highest BCUT2D eigenvalue weighted by molar-refractivity contribution is 7.91. The summed E-state index contributed by atoms with van der Waals surface area (Å²) < 4.78 is 35.9. The van der Waals surface area contributed by atoms with Gasteiger partial charge in [0.1, 0.15) is 11.5 Å². The van der Waals surface area contributed by atoms with Crippen molar-refractivity contribution >= 4 is 15.7 Å². The number of ether oxygens (including phenoxy) is 2. The largest absolute Gasteiger partial charge is 0.497 e. The minimum Gasteiger partial charge on any atom is -0.497 e. The van der Waals surface area contributed by atoms with E-state index >= 15 is 0 Å². The molecule has 0 bridgehead atoms. The lowest BCUT2D eigenvalue weighted by atomic mass is 10.1. The average Bonchev–Trinajstić information content (AvgIpc) is 2.85. The van der Waals surface area contributed by atoms with E-state index < -0.39 is 15.1 Å².